The third-order valence-electron chi connectivity index (χ3n) is 2.68. The zero-order chi connectivity index (χ0) is 15.7. The molecule has 0 saturated carbocycles. The molecule has 0 saturated heterocycles. The number of thiophene rings is 1. The van der Waals surface area contributed by atoms with E-state index in [1.54, 1.807) is 13.0 Å². The van der Waals surface area contributed by atoms with E-state index in [1.165, 1.54) is 30.3 Å². The topological polar surface area (TPSA) is 85.1 Å². The number of hydrogen-bond donors (Lipinski definition) is 1. The summed E-state index contributed by atoms with van der Waals surface area (Å²) in [6.07, 6.45) is 0. The number of anilines is 1. The first-order chi connectivity index (χ1) is 10.4. The molecular weight excluding hydrogens is 329 g/mol. The molecule has 0 spiro atoms. The molecule has 114 valence electrons. The summed E-state index contributed by atoms with van der Waals surface area (Å²) in [4.78, 5) is 0.556. The highest BCUT2D eigenvalue weighted by molar-refractivity contribution is 7.94. The normalized spacial score (nSPS) is 11.5. The van der Waals surface area contributed by atoms with Crippen LogP contribution in [0.5, 0.6) is 0 Å². The predicted octanol–water partition coefficient (Wildman–Crippen LogP) is 3.05. The Hall–Kier alpha value is -2.26. The summed E-state index contributed by atoms with van der Waals surface area (Å²) in [5.74, 6) is 0.232. The van der Waals surface area contributed by atoms with Crippen LogP contribution in [-0.4, -0.2) is 18.6 Å². The maximum atomic E-state index is 12.8. The van der Waals surface area contributed by atoms with Gasteiger partial charge < -0.3 is 4.42 Å². The predicted molar refractivity (Wildman–Crippen MR) is 79.6 cm³/mol. The average molecular weight is 339 g/mol. The van der Waals surface area contributed by atoms with Gasteiger partial charge in [0.25, 0.3) is 15.9 Å². The Bertz CT molecular complexity index is 901. The van der Waals surface area contributed by atoms with Crippen molar-refractivity contribution in [3.8, 4) is 10.8 Å². The van der Waals surface area contributed by atoms with Gasteiger partial charge in [-0.15, -0.1) is 21.5 Å². The lowest BCUT2D eigenvalue weighted by Gasteiger charge is -2.05. The molecule has 1 aromatic carbocycles. The van der Waals surface area contributed by atoms with E-state index in [2.05, 4.69) is 14.9 Å². The van der Waals surface area contributed by atoms with Crippen molar-refractivity contribution >= 4 is 27.0 Å². The van der Waals surface area contributed by atoms with Gasteiger partial charge in [-0.25, -0.2) is 12.8 Å². The van der Waals surface area contributed by atoms with E-state index in [1.807, 2.05) is 0 Å². The number of rotatable bonds is 4. The summed E-state index contributed by atoms with van der Waals surface area (Å²) < 4.78 is 45.1. The van der Waals surface area contributed by atoms with Crippen molar-refractivity contribution in [1.29, 1.82) is 0 Å². The summed E-state index contributed by atoms with van der Waals surface area (Å²) in [5, 5.41) is 7.54. The second kappa shape index (κ2) is 5.50. The van der Waals surface area contributed by atoms with Crippen LogP contribution in [0.25, 0.3) is 10.8 Å². The Morgan fingerprint density at radius 2 is 1.86 bits per heavy atom. The fraction of sp³-hybridized carbons (Fsp3) is 0.0769. The van der Waals surface area contributed by atoms with Gasteiger partial charge in [-0.2, -0.15) is 0 Å². The Morgan fingerprint density at radius 1 is 1.14 bits per heavy atom. The molecule has 0 amide bonds. The Labute approximate surface area is 129 Å². The van der Waals surface area contributed by atoms with E-state index in [9.17, 15) is 12.8 Å². The standard InChI is InChI=1S/C13H10FN3O3S2/c1-8-15-16-13(20-8)11-6-7-12(21-11)22(18,19)17-10-4-2-9(14)3-5-10/h2-7,17H,1H3. The zero-order valence-corrected chi connectivity index (χ0v) is 12.9. The van der Waals surface area contributed by atoms with Gasteiger partial charge in [-0.1, -0.05) is 0 Å². The lowest BCUT2D eigenvalue weighted by Crippen LogP contribution is -2.11. The van der Waals surface area contributed by atoms with Crippen molar-refractivity contribution < 1.29 is 17.2 Å². The van der Waals surface area contributed by atoms with Gasteiger partial charge in [-0.3, -0.25) is 4.72 Å². The van der Waals surface area contributed by atoms with E-state index in [0.29, 0.717) is 10.8 Å². The highest BCUT2D eigenvalue weighted by Crippen LogP contribution is 2.30. The summed E-state index contributed by atoms with van der Waals surface area (Å²) in [5.41, 5.74) is 0.282. The van der Waals surface area contributed by atoms with E-state index >= 15 is 0 Å². The van der Waals surface area contributed by atoms with E-state index in [-0.39, 0.29) is 15.8 Å². The van der Waals surface area contributed by atoms with Crippen LogP contribution in [-0.2, 0) is 10.0 Å². The molecule has 0 aliphatic heterocycles. The molecule has 1 N–H and O–H groups in total. The fourth-order valence-electron chi connectivity index (χ4n) is 1.70. The molecule has 0 atom stereocenters. The molecule has 6 nitrogen and oxygen atoms in total. The lowest BCUT2D eigenvalue weighted by molar-refractivity contribution is 0.534. The Balaban J connectivity index is 1.86. The number of sulfonamides is 1. The van der Waals surface area contributed by atoms with Gasteiger partial charge in [0.15, 0.2) is 0 Å². The quantitative estimate of drug-likeness (QED) is 0.789. The molecule has 2 heterocycles. The average Bonchev–Trinajstić information content (AvgIpc) is 3.10. The SMILES string of the molecule is Cc1nnc(-c2ccc(S(=O)(=O)Nc3ccc(F)cc3)s2)o1. The first-order valence-electron chi connectivity index (χ1n) is 6.13. The number of halogens is 1. The molecule has 0 radical (unpaired) electrons. The zero-order valence-electron chi connectivity index (χ0n) is 11.3. The number of benzene rings is 1. The van der Waals surface area contributed by atoms with Gasteiger partial charge >= 0.3 is 0 Å². The molecule has 0 aliphatic carbocycles. The van der Waals surface area contributed by atoms with Crippen LogP contribution in [0, 0.1) is 12.7 Å². The van der Waals surface area contributed by atoms with Crippen molar-refractivity contribution in [3.63, 3.8) is 0 Å². The van der Waals surface area contributed by atoms with Crippen molar-refractivity contribution in [1.82, 2.24) is 10.2 Å². The molecule has 0 bridgehead atoms. The number of aryl methyl sites for hydroxylation is 1. The van der Waals surface area contributed by atoms with Crippen molar-refractivity contribution in [3.05, 3.63) is 48.1 Å². The van der Waals surface area contributed by atoms with E-state index < -0.39 is 15.8 Å². The minimum Gasteiger partial charge on any atom is -0.420 e. The maximum absolute atomic E-state index is 12.8. The van der Waals surface area contributed by atoms with Crippen molar-refractivity contribution in [2.24, 2.45) is 0 Å². The van der Waals surface area contributed by atoms with E-state index in [0.717, 1.165) is 11.3 Å². The summed E-state index contributed by atoms with van der Waals surface area (Å²) in [7, 11) is -3.75. The van der Waals surface area contributed by atoms with E-state index in [4.69, 9.17) is 4.42 Å². The van der Waals surface area contributed by atoms with Crippen LogP contribution in [0.4, 0.5) is 10.1 Å². The molecule has 22 heavy (non-hydrogen) atoms. The highest BCUT2D eigenvalue weighted by Gasteiger charge is 2.19. The van der Waals surface area contributed by atoms with Gasteiger partial charge in [0.05, 0.1) is 4.88 Å². The molecule has 0 fully saturated rings. The van der Waals surface area contributed by atoms with Gasteiger partial charge in [0, 0.05) is 12.6 Å². The monoisotopic (exact) mass is 339 g/mol. The Morgan fingerprint density at radius 3 is 2.50 bits per heavy atom. The summed E-state index contributed by atoms with van der Waals surface area (Å²) in [6.45, 7) is 1.65. The minimum absolute atomic E-state index is 0.0997. The third-order valence-corrected chi connectivity index (χ3v) is 5.63. The third kappa shape index (κ3) is 3.00. The first kappa shape index (κ1) is 14.7. The van der Waals surface area contributed by atoms with Crippen LogP contribution >= 0.6 is 11.3 Å². The van der Waals surface area contributed by atoms with Gasteiger partial charge in [0.1, 0.15) is 10.0 Å². The molecule has 3 aromatic rings. The number of nitrogens with one attached hydrogen (secondary N) is 1. The van der Waals surface area contributed by atoms with Gasteiger partial charge in [0.2, 0.25) is 5.89 Å². The maximum Gasteiger partial charge on any atom is 0.271 e. The molecule has 3 rings (SSSR count). The number of aromatic nitrogens is 2. The van der Waals surface area contributed by atoms with Crippen LogP contribution in [0.2, 0.25) is 0 Å². The molecular formula is C13H10FN3O3S2. The minimum atomic E-state index is -3.75. The smallest absolute Gasteiger partial charge is 0.271 e. The second-order valence-electron chi connectivity index (χ2n) is 4.36. The van der Waals surface area contributed by atoms with Crippen molar-refractivity contribution in [2.75, 3.05) is 4.72 Å². The molecule has 9 heteroatoms. The molecule has 2 aromatic heterocycles. The number of hydrogen-bond acceptors (Lipinski definition) is 6. The van der Waals surface area contributed by atoms with Crippen LogP contribution in [0.15, 0.2) is 45.0 Å². The van der Waals surface area contributed by atoms with Crippen molar-refractivity contribution in [2.45, 2.75) is 11.1 Å². The number of nitrogens with zero attached hydrogens (tertiary/aromatic N) is 2. The van der Waals surface area contributed by atoms with Crippen LogP contribution in [0.3, 0.4) is 0 Å². The van der Waals surface area contributed by atoms with Crippen LogP contribution in [0.1, 0.15) is 5.89 Å². The highest BCUT2D eigenvalue weighted by atomic mass is 32.2. The van der Waals surface area contributed by atoms with Gasteiger partial charge in [-0.05, 0) is 36.4 Å². The van der Waals surface area contributed by atoms with Crippen LogP contribution < -0.4 is 4.72 Å². The summed E-state index contributed by atoms with van der Waals surface area (Å²) in [6, 6.07) is 8.10. The largest absolute Gasteiger partial charge is 0.420 e. The second-order valence-corrected chi connectivity index (χ2v) is 7.35. The lowest BCUT2D eigenvalue weighted by atomic mass is 10.3. The molecule has 0 aliphatic rings. The first-order valence-corrected chi connectivity index (χ1v) is 8.43. The summed E-state index contributed by atoms with van der Waals surface area (Å²) >= 11 is 1.01. The molecule has 0 unspecified atom stereocenters. The fourth-order valence-corrected chi connectivity index (χ4v) is 3.99. The Kier molecular flexibility index (Phi) is 3.67.